The van der Waals surface area contributed by atoms with Gasteiger partial charge in [0, 0.05) is 26.2 Å². The van der Waals surface area contributed by atoms with Gasteiger partial charge in [-0.25, -0.2) is 0 Å². The molecule has 108 valence electrons. The van der Waals surface area contributed by atoms with Crippen molar-refractivity contribution in [1.29, 1.82) is 0 Å². The van der Waals surface area contributed by atoms with Gasteiger partial charge < -0.3 is 15.4 Å². The average Bonchev–Trinajstić information content (AvgIpc) is 2.38. The molecule has 0 fully saturated rings. The standard InChI is InChI=1S/C15H25ClN2O/c1-5-13(17)9-12-7-6-8-14(16)15(12)18(3)11(2)10-19-4/h6-8,11,13H,5,9-10,17H2,1-4H3. The summed E-state index contributed by atoms with van der Waals surface area (Å²) in [7, 11) is 3.76. The third-order valence-electron chi connectivity index (χ3n) is 3.50. The minimum Gasteiger partial charge on any atom is -0.383 e. The predicted octanol–water partition coefficient (Wildman–Crippen LogP) is 3.09. The van der Waals surface area contributed by atoms with Crippen molar-refractivity contribution in [2.24, 2.45) is 5.73 Å². The number of halogens is 1. The van der Waals surface area contributed by atoms with Crippen molar-refractivity contribution in [3.05, 3.63) is 28.8 Å². The largest absolute Gasteiger partial charge is 0.383 e. The number of para-hydroxylation sites is 1. The third kappa shape index (κ3) is 4.37. The van der Waals surface area contributed by atoms with Crippen LogP contribution < -0.4 is 10.6 Å². The quantitative estimate of drug-likeness (QED) is 0.836. The Bertz CT molecular complexity index is 398. The van der Waals surface area contributed by atoms with Crippen molar-refractivity contribution in [2.45, 2.75) is 38.8 Å². The Morgan fingerprint density at radius 2 is 2.11 bits per heavy atom. The topological polar surface area (TPSA) is 38.5 Å². The fourth-order valence-corrected chi connectivity index (χ4v) is 2.45. The van der Waals surface area contributed by atoms with Crippen molar-refractivity contribution in [3.8, 4) is 0 Å². The molecule has 0 aliphatic carbocycles. The van der Waals surface area contributed by atoms with Gasteiger partial charge in [0.2, 0.25) is 0 Å². The molecule has 0 heterocycles. The Morgan fingerprint density at radius 1 is 1.42 bits per heavy atom. The van der Waals surface area contributed by atoms with Crippen LogP contribution in [0.3, 0.4) is 0 Å². The summed E-state index contributed by atoms with van der Waals surface area (Å²) in [4.78, 5) is 2.17. The van der Waals surface area contributed by atoms with Gasteiger partial charge >= 0.3 is 0 Å². The van der Waals surface area contributed by atoms with Gasteiger partial charge in [-0.2, -0.15) is 0 Å². The lowest BCUT2D eigenvalue weighted by molar-refractivity contribution is 0.183. The van der Waals surface area contributed by atoms with Crippen LogP contribution in [0.25, 0.3) is 0 Å². The van der Waals surface area contributed by atoms with Gasteiger partial charge in [0.1, 0.15) is 0 Å². The van der Waals surface area contributed by atoms with Gasteiger partial charge in [-0.1, -0.05) is 30.7 Å². The maximum Gasteiger partial charge on any atom is 0.0663 e. The summed E-state index contributed by atoms with van der Waals surface area (Å²) in [6, 6.07) is 6.45. The molecule has 19 heavy (non-hydrogen) atoms. The van der Waals surface area contributed by atoms with Crippen LogP contribution in [0.5, 0.6) is 0 Å². The maximum atomic E-state index is 6.37. The van der Waals surface area contributed by atoms with E-state index in [4.69, 9.17) is 22.1 Å². The molecule has 4 heteroatoms. The monoisotopic (exact) mass is 284 g/mol. The van der Waals surface area contributed by atoms with Crippen LogP contribution in [0, 0.1) is 0 Å². The van der Waals surface area contributed by atoms with Crippen LogP contribution in [-0.2, 0) is 11.2 Å². The Morgan fingerprint density at radius 3 is 2.68 bits per heavy atom. The molecular weight excluding hydrogens is 260 g/mol. The summed E-state index contributed by atoms with van der Waals surface area (Å²) < 4.78 is 5.22. The second-order valence-corrected chi connectivity index (χ2v) is 5.44. The molecule has 0 aromatic heterocycles. The van der Waals surface area contributed by atoms with Crippen LogP contribution in [0.1, 0.15) is 25.8 Å². The van der Waals surface area contributed by atoms with E-state index < -0.39 is 0 Å². The van der Waals surface area contributed by atoms with Crippen LogP contribution in [-0.4, -0.2) is 32.8 Å². The second-order valence-electron chi connectivity index (χ2n) is 5.04. The number of nitrogens with two attached hydrogens (primary N) is 1. The van der Waals surface area contributed by atoms with E-state index in [2.05, 4.69) is 24.8 Å². The number of anilines is 1. The molecule has 2 N–H and O–H groups in total. The Kier molecular flexibility index (Phi) is 6.63. The second kappa shape index (κ2) is 7.73. The number of rotatable bonds is 7. The molecule has 0 saturated heterocycles. The van der Waals surface area contributed by atoms with E-state index in [1.165, 1.54) is 5.56 Å². The van der Waals surface area contributed by atoms with E-state index in [9.17, 15) is 0 Å². The number of likely N-dealkylation sites (N-methyl/N-ethyl adjacent to an activating group) is 1. The first-order valence-corrected chi connectivity index (χ1v) is 7.13. The third-order valence-corrected chi connectivity index (χ3v) is 3.80. The molecule has 0 spiro atoms. The molecule has 0 amide bonds. The summed E-state index contributed by atoms with van der Waals surface area (Å²) in [5, 5.41) is 0.770. The van der Waals surface area contributed by atoms with E-state index in [0.29, 0.717) is 6.61 Å². The van der Waals surface area contributed by atoms with Gasteiger partial charge in [0.25, 0.3) is 0 Å². The maximum absolute atomic E-state index is 6.37. The van der Waals surface area contributed by atoms with E-state index in [0.717, 1.165) is 23.6 Å². The van der Waals surface area contributed by atoms with Crippen molar-refractivity contribution in [1.82, 2.24) is 0 Å². The zero-order chi connectivity index (χ0) is 14.4. The average molecular weight is 285 g/mol. The van der Waals surface area contributed by atoms with Crippen molar-refractivity contribution < 1.29 is 4.74 Å². The molecule has 1 aromatic rings. The zero-order valence-corrected chi connectivity index (χ0v) is 13.1. The first kappa shape index (κ1) is 16.3. The summed E-state index contributed by atoms with van der Waals surface area (Å²) >= 11 is 6.37. The fourth-order valence-electron chi connectivity index (χ4n) is 2.12. The van der Waals surface area contributed by atoms with E-state index in [1.54, 1.807) is 7.11 Å². The lowest BCUT2D eigenvalue weighted by Gasteiger charge is -2.30. The zero-order valence-electron chi connectivity index (χ0n) is 12.3. The highest BCUT2D eigenvalue weighted by atomic mass is 35.5. The molecule has 2 unspecified atom stereocenters. The molecule has 0 radical (unpaired) electrons. The Labute approximate surface area is 121 Å². The molecule has 0 aliphatic rings. The highest BCUT2D eigenvalue weighted by Crippen LogP contribution is 2.31. The fraction of sp³-hybridized carbons (Fsp3) is 0.600. The smallest absolute Gasteiger partial charge is 0.0663 e. The highest BCUT2D eigenvalue weighted by molar-refractivity contribution is 6.33. The van der Waals surface area contributed by atoms with Crippen LogP contribution in [0.15, 0.2) is 18.2 Å². The number of benzene rings is 1. The summed E-state index contributed by atoms with van der Waals surface area (Å²) in [5.41, 5.74) is 8.34. The minimum atomic E-state index is 0.170. The van der Waals surface area contributed by atoms with E-state index in [1.807, 2.05) is 19.2 Å². The lowest BCUT2D eigenvalue weighted by Crippen LogP contribution is -2.34. The highest BCUT2D eigenvalue weighted by Gasteiger charge is 2.17. The number of ether oxygens (including phenoxy) is 1. The normalized spacial score (nSPS) is 14.2. The molecule has 1 aromatic carbocycles. The Balaban J connectivity index is 3.03. The molecule has 0 bridgehead atoms. The minimum absolute atomic E-state index is 0.170. The van der Waals surface area contributed by atoms with Gasteiger partial charge in [-0.05, 0) is 31.4 Å². The molecule has 2 atom stereocenters. The van der Waals surface area contributed by atoms with E-state index >= 15 is 0 Å². The number of hydrogen-bond donors (Lipinski definition) is 1. The van der Waals surface area contributed by atoms with Gasteiger partial charge in [-0.15, -0.1) is 0 Å². The molecule has 3 nitrogen and oxygen atoms in total. The van der Waals surface area contributed by atoms with Gasteiger partial charge in [0.05, 0.1) is 17.3 Å². The number of hydrogen-bond acceptors (Lipinski definition) is 3. The van der Waals surface area contributed by atoms with Crippen molar-refractivity contribution in [3.63, 3.8) is 0 Å². The van der Waals surface area contributed by atoms with E-state index in [-0.39, 0.29) is 12.1 Å². The SMILES string of the molecule is CCC(N)Cc1cccc(Cl)c1N(C)C(C)COC. The van der Waals surface area contributed by atoms with Crippen LogP contribution in [0.4, 0.5) is 5.69 Å². The summed E-state index contributed by atoms with van der Waals surface area (Å²) in [6.07, 6.45) is 1.81. The first-order valence-electron chi connectivity index (χ1n) is 6.76. The molecule has 0 saturated carbocycles. The summed E-state index contributed by atoms with van der Waals surface area (Å²) in [6.45, 7) is 4.89. The number of methoxy groups -OCH3 is 1. The molecule has 0 aliphatic heterocycles. The lowest BCUT2D eigenvalue weighted by atomic mass is 10.0. The van der Waals surface area contributed by atoms with Crippen molar-refractivity contribution in [2.75, 3.05) is 25.7 Å². The van der Waals surface area contributed by atoms with Crippen LogP contribution in [0.2, 0.25) is 5.02 Å². The van der Waals surface area contributed by atoms with Crippen LogP contribution >= 0.6 is 11.6 Å². The summed E-state index contributed by atoms with van der Waals surface area (Å²) in [5.74, 6) is 0. The number of nitrogens with zero attached hydrogens (tertiary/aromatic N) is 1. The molecule has 1 rings (SSSR count). The first-order chi connectivity index (χ1) is 9.01. The molecular formula is C15H25ClN2O. The van der Waals surface area contributed by atoms with Gasteiger partial charge in [-0.3, -0.25) is 0 Å². The van der Waals surface area contributed by atoms with Gasteiger partial charge in [0.15, 0.2) is 0 Å². The predicted molar refractivity (Wildman–Crippen MR) is 83.2 cm³/mol. The van der Waals surface area contributed by atoms with Crippen molar-refractivity contribution >= 4 is 17.3 Å². The Hall–Kier alpha value is -0.770.